The van der Waals surface area contributed by atoms with E-state index in [2.05, 4.69) is 10.6 Å². The number of rotatable bonds is 7. The molecule has 0 bridgehead atoms. The number of hydrogen-bond acceptors (Lipinski definition) is 5. The molecule has 8 heteroatoms. The Kier molecular flexibility index (Phi) is 9.09. The molecule has 1 aliphatic rings. The standard InChI is InChI=1S/C28H37N3O5/c1-28(2,3)36-27(35)29-17-25(33)31(4)18-19-6-5-7-22(16-19)20-8-10-21(11-9-20)26(34)30-23-12-14-24(32)15-13-23/h5-11,16,23-24,32H,12-15,17-18H2,1-4H3,(H,29,35)(H,30,34). The van der Waals surface area contributed by atoms with Crippen LogP contribution in [0.3, 0.4) is 0 Å². The maximum atomic E-state index is 12.6. The molecule has 1 fully saturated rings. The van der Waals surface area contributed by atoms with E-state index in [1.807, 2.05) is 48.5 Å². The van der Waals surface area contributed by atoms with E-state index in [4.69, 9.17) is 4.74 Å². The van der Waals surface area contributed by atoms with Gasteiger partial charge in [0.25, 0.3) is 5.91 Å². The summed E-state index contributed by atoms with van der Waals surface area (Å²) in [6.07, 6.45) is 2.17. The second-order valence-electron chi connectivity index (χ2n) is 10.4. The van der Waals surface area contributed by atoms with E-state index in [0.29, 0.717) is 12.1 Å². The maximum absolute atomic E-state index is 12.6. The van der Waals surface area contributed by atoms with E-state index in [0.717, 1.165) is 42.4 Å². The number of nitrogens with zero attached hydrogens (tertiary/aromatic N) is 1. The summed E-state index contributed by atoms with van der Waals surface area (Å²) in [5.41, 5.74) is 2.87. The number of aliphatic hydroxyl groups excluding tert-OH is 1. The Morgan fingerprint density at radius 3 is 2.31 bits per heavy atom. The van der Waals surface area contributed by atoms with E-state index >= 15 is 0 Å². The van der Waals surface area contributed by atoms with Crippen LogP contribution in [0.15, 0.2) is 48.5 Å². The van der Waals surface area contributed by atoms with E-state index < -0.39 is 11.7 Å². The molecule has 0 unspecified atom stereocenters. The zero-order valence-corrected chi connectivity index (χ0v) is 21.5. The van der Waals surface area contributed by atoms with E-state index in [-0.39, 0.29) is 30.5 Å². The summed E-state index contributed by atoms with van der Waals surface area (Å²) in [7, 11) is 1.69. The highest BCUT2D eigenvalue weighted by Crippen LogP contribution is 2.23. The largest absolute Gasteiger partial charge is 0.444 e. The van der Waals surface area contributed by atoms with Gasteiger partial charge in [-0.2, -0.15) is 0 Å². The lowest BCUT2D eigenvalue weighted by atomic mass is 9.93. The highest BCUT2D eigenvalue weighted by molar-refractivity contribution is 5.94. The molecule has 3 rings (SSSR count). The molecule has 8 nitrogen and oxygen atoms in total. The topological polar surface area (TPSA) is 108 Å². The van der Waals surface area contributed by atoms with Crippen molar-refractivity contribution in [2.45, 2.75) is 70.7 Å². The first kappa shape index (κ1) is 27.2. The number of likely N-dealkylation sites (N-methyl/N-ethyl adjacent to an activating group) is 1. The predicted octanol–water partition coefficient (Wildman–Crippen LogP) is 3.87. The van der Waals surface area contributed by atoms with Gasteiger partial charge in [-0.1, -0.05) is 30.3 Å². The fourth-order valence-corrected chi connectivity index (χ4v) is 4.11. The maximum Gasteiger partial charge on any atom is 0.408 e. The molecule has 36 heavy (non-hydrogen) atoms. The second kappa shape index (κ2) is 12.0. The second-order valence-corrected chi connectivity index (χ2v) is 10.4. The molecular weight excluding hydrogens is 458 g/mol. The Labute approximate surface area is 213 Å². The van der Waals surface area contributed by atoms with Crippen LogP contribution in [0.2, 0.25) is 0 Å². The molecule has 0 spiro atoms. The number of benzene rings is 2. The molecular formula is C28H37N3O5. The molecule has 3 amide bonds. The van der Waals surface area contributed by atoms with Crippen molar-refractivity contribution in [1.29, 1.82) is 0 Å². The third-order valence-electron chi connectivity index (χ3n) is 6.07. The number of alkyl carbamates (subject to hydrolysis) is 1. The molecule has 194 valence electrons. The van der Waals surface area contributed by atoms with Gasteiger partial charge >= 0.3 is 6.09 Å². The summed E-state index contributed by atoms with van der Waals surface area (Å²) in [6.45, 7) is 5.54. The van der Waals surface area contributed by atoms with Gasteiger partial charge in [-0.15, -0.1) is 0 Å². The summed E-state index contributed by atoms with van der Waals surface area (Å²) in [6, 6.07) is 15.4. The zero-order chi connectivity index (χ0) is 26.3. The molecule has 2 aromatic rings. The number of ether oxygens (including phenoxy) is 1. The van der Waals surface area contributed by atoms with Gasteiger partial charge < -0.3 is 25.4 Å². The first-order valence-corrected chi connectivity index (χ1v) is 12.4. The fraction of sp³-hybridized carbons (Fsp3) is 0.464. The molecule has 0 radical (unpaired) electrons. The summed E-state index contributed by atoms with van der Waals surface area (Å²) >= 11 is 0. The lowest BCUT2D eigenvalue weighted by Gasteiger charge is -2.26. The van der Waals surface area contributed by atoms with Crippen molar-refractivity contribution in [1.82, 2.24) is 15.5 Å². The normalized spacial score (nSPS) is 17.7. The monoisotopic (exact) mass is 495 g/mol. The molecule has 1 saturated carbocycles. The van der Waals surface area contributed by atoms with Crippen molar-refractivity contribution in [3.05, 3.63) is 59.7 Å². The van der Waals surface area contributed by atoms with Crippen molar-refractivity contribution in [3.63, 3.8) is 0 Å². The first-order chi connectivity index (χ1) is 17.0. The highest BCUT2D eigenvalue weighted by atomic mass is 16.6. The van der Waals surface area contributed by atoms with Crippen molar-refractivity contribution >= 4 is 17.9 Å². The minimum Gasteiger partial charge on any atom is -0.444 e. The van der Waals surface area contributed by atoms with Crippen LogP contribution in [0.1, 0.15) is 62.4 Å². The minimum absolute atomic E-state index is 0.100. The molecule has 2 aromatic carbocycles. The number of nitrogens with one attached hydrogen (secondary N) is 2. The number of carbonyl (C=O) groups excluding carboxylic acids is 3. The molecule has 0 saturated heterocycles. The zero-order valence-electron chi connectivity index (χ0n) is 21.5. The van der Waals surface area contributed by atoms with Crippen LogP contribution in [0, 0.1) is 0 Å². The summed E-state index contributed by atoms with van der Waals surface area (Å²) in [4.78, 5) is 38.4. The van der Waals surface area contributed by atoms with Gasteiger partial charge in [0, 0.05) is 25.2 Å². The van der Waals surface area contributed by atoms with Crippen LogP contribution in [-0.2, 0) is 16.1 Å². The molecule has 0 atom stereocenters. The summed E-state index contributed by atoms with van der Waals surface area (Å²) < 4.78 is 5.16. The average molecular weight is 496 g/mol. The van der Waals surface area contributed by atoms with Gasteiger partial charge in [0.05, 0.1) is 6.10 Å². The lowest BCUT2D eigenvalue weighted by Crippen LogP contribution is -2.40. The molecule has 3 N–H and O–H groups in total. The van der Waals surface area contributed by atoms with Crippen molar-refractivity contribution in [3.8, 4) is 11.1 Å². The van der Waals surface area contributed by atoms with Crippen LogP contribution >= 0.6 is 0 Å². The van der Waals surface area contributed by atoms with E-state index in [9.17, 15) is 19.5 Å². The number of carbonyl (C=O) groups is 3. The Morgan fingerprint density at radius 2 is 1.67 bits per heavy atom. The van der Waals surface area contributed by atoms with Gasteiger partial charge in [0.1, 0.15) is 12.1 Å². The first-order valence-electron chi connectivity index (χ1n) is 12.4. The van der Waals surface area contributed by atoms with Gasteiger partial charge in [0.2, 0.25) is 5.91 Å². The van der Waals surface area contributed by atoms with E-state index in [1.54, 1.807) is 32.7 Å². The third-order valence-corrected chi connectivity index (χ3v) is 6.07. The lowest BCUT2D eigenvalue weighted by molar-refractivity contribution is -0.129. The number of amides is 3. The van der Waals surface area contributed by atoms with Crippen LogP contribution in [0.5, 0.6) is 0 Å². The van der Waals surface area contributed by atoms with Gasteiger partial charge in [0.15, 0.2) is 0 Å². The molecule has 0 aromatic heterocycles. The summed E-state index contributed by atoms with van der Waals surface area (Å²) in [5, 5.41) is 15.2. The van der Waals surface area contributed by atoms with Crippen LogP contribution < -0.4 is 10.6 Å². The van der Waals surface area contributed by atoms with Crippen molar-refractivity contribution in [2.24, 2.45) is 0 Å². The highest BCUT2D eigenvalue weighted by Gasteiger charge is 2.21. The molecule has 0 heterocycles. The van der Waals surface area contributed by atoms with E-state index in [1.165, 1.54) is 0 Å². The quantitative estimate of drug-likeness (QED) is 0.541. The molecule has 1 aliphatic carbocycles. The molecule has 0 aliphatic heterocycles. The van der Waals surface area contributed by atoms with Gasteiger partial charge in [-0.05, 0) is 81.3 Å². The van der Waals surface area contributed by atoms with Crippen molar-refractivity contribution < 1.29 is 24.2 Å². The summed E-state index contributed by atoms with van der Waals surface area (Å²) in [5.74, 6) is -0.328. The SMILES string of the molecule is CN(Cc1cccc(-c2ccc(C(=O)NC3CCC(O)CC3)cc2)c1)C(=O)CNC(=O)OC(C)(C)C. The predicted molar refractivity (Wildman–Crippen MR) is 138 cm³/mol. The van der Waals surface area contributed by atoms with Gasteiger partial charge in [-0.3, -0.25) is 9.59 Å². The number of aliphatic hydroxyl groups is 1. The van der Waals surface area contributed by atoms with Gasteiger partial charge in [-0.25, -0.2) is 4.79 Å². The number of hydrogen-bond donors (Lipinski definition) is 3. The minimum atomic E-state index is -0.624. The fourth-order valence-electron chi connectivity index (χ4n) is 4.11. The Hall–Kier alpha value is -3.39. The van der Waals surface area contributed by atoms with Crippen LogP contribution in [-0.4, -0.2) is 59.3 Å². The Bertz CT molecular complexity index is 1050. The average Bonchev–Trinajstić information content (AvgIpc) is 2.83. The smallest absolute Gasteiger partial charge is 0.408 e. The van der Waals surface area contributed by atoms with Crippen molar-refractivity contribution in [2.75, 3.05) is 13.6 Å². The Morgan fingerprint density at radius 1 is 1.00 bits per heavy atom. The Balaban J connectivity index is 1.55. The van der Waals surface area contributed by atoms with Crippen LogP contribution in [0.4, 0.5) is 4.79 Å². The third kappa shape index (κ3) is 8.37. The van der Waals surface area contributed by atoms with Crippen LogP contribution in [0.25, 0.3) is 11.1 Å².